The Morgan fingerprint density at radius 2 is 1.90 bits per heavy atom. The van der Waals surface area contributed by atoms with Crippen molar-refractivity contribution in [1.82, 2.24) is 15.0 Å². The molecule has 1 aromatic heterocycles. The Balaban J connectivity index is 1.55. The number of carbonyl (C=O) groups is 1. The van der Waals surface area contributed by atoms with Crippen molar-refractivity contribution in [2.24, 2.45) is 0 Å². The molecule has 14 heteroatoms. The molecular weight excluding hydrogens is 642 g/mol. The minimum atomic E-state index is -1.41. The molecule has 1 aliphatic carbocycles. The number of methoxy groups -OCH3 is 1. The molecule has 1 amide bonds. The van der Waals surface area contributed by atoms with Crippen LogP contribution in [0.15, 0.2) is 47.1 Å². The molecule has 0 unspecified atom stereocenters. The predicted molar refractivity (Wildman–Crippen MR) is 152 cm³/mol. The molecule has 42 heavy (non-hydrogen) atoms. The largest absolute Gasteiger partial charge is 0.394 e. The quantitative estimate of drug-likeness (QED) is 0.347. The van der Waals surface area contributed by atoms with E-state index in [2.05, 4.69) is 26.2 Å². The van der Waals surface area contributed by atoms with Crippen molar-refractivity contribution < 1.29 is 38.4 Å². The number of ether oxygens (including phenoxy) is 2. The Morgan fingerprint density at radius 1 is 1.17 bits per heavy atom. The number of hydrogen-bond acceptors (Lipinski definition) is 8. The molecule has 2 fully saturated rings. The smallest absolute Gasteiger partial charge is 0.259 e. The van der Waals surface area contributed by atoms with E-state index in [1.165, 1.54) is 47.2 Å². The minimum Gasteiger partial charge on any atom is -0.394 e. The maximum Gasteiger partial charge on any atom is 0.259 e. The topological polar surface area (TPSA) is 130 Å². The fraction of sp³-hybridized carbons (Fsp3) is 0.464. The first-order valence-corrected chi connectivity index (χ1v) is 14.6. The van der Waals surface area contributed by atoms with Crippen molar-refractivity contribution in [3.63, 3.8) is 0 Å². The molecule has 5 rings (SSSR count). The number of amides is 1. The molecule has 3 N–H and O–H groups in total. The molecule has 1 aliphatic heterocycles. The first-order chi connectivity index (χ1) is 20.1. The van der Waals surface area contributed by atoms with E-state index in [1.54, 1.807) is 6.07 Å². The number of aliphatic hydroxyl groups excluding tert-OH is 3. The van der Waals surface area contributed by atoms with Crippen LogP contribution in [-0.2, 0) is 14.3 Å². The Labute approximate surface area is 253 Å². The molecule has 0 bridgehead atoms. The van der Waals surface area contributed by atoms with E-state index in [0.717, 1.165) is 18.9 Å². The molecule has 2 heterocycles. The predicted octanol–water partition coefficient (Wildman–Crippen LogP) is 3.65. The van der Waals surface area contributed by atoms with E-state index < -0.39 is 66.8 Å². The van der Waals surface area contributed by atoms with Crippen LogP contribution in [0.25, 0.3) is 11.3 Å². The number of halogens is 4. The van der Waals surface area contributed by atoms with Gasteiger partial charge in [0.15, 0.2) is 6.10 Å². The molecule has 2 aromatic carbocycles. The van der Waals surface area contributed by atoms with Crippen molar-refractivity contribution in [2.75, 3.05) is 18.6 Å². The number of anilines is 1. The van der Waals surface area contributed by atoms with Gasteiger partial charge in [0.25, 0.3) is 5.91 Å². The van der Waals surface area contributed by atoms with Crippen LogP contribution < -0.4 is 4.90 Å². The Kier molecular flexibility index (Phi) is 9.57. The van der Waals surface area contributed by atoms with Gasteiger partial charge in [-0.2, -0.15) is 0 Å². The van der Waals surface area contributed by atoms with E-state index in [9.17, 15) is 28.9 Å². The molecule has 0 radical (unpaired) electrons. The Bertz CT molecular complexity index is 1390. The van der Waals surface area contributed by atoms with Gasteiger partial charge in [-0.15, -0.1) is 5.10 Å². The molecule has 7 atom stereocenters. The number of rotatable bonds is 7. The van der Waals surface area contributed by atoms with Crippen LogP contribution in [0.2, 0.25) is 5.02 Å². The highest BCUT2D eigenvalue weighted by atomic mass is 79.9. The van der Waals surface area contributed by atoms with Crippen LogP contribution >= 0.6 is 27.5 Å². The van der Waals surface area contributed by atoms with Crippen LogP contribution in [0.5, 0.6) is 0 Å². The zero-order chi connectivity index (χ0) is 30.1. The van der Waals surface area contributed by atoms with Gasteiger partial charge in [0.05, 0.1) is 24.9 Å². The molecule has 226 valence electrons. The lowest BCUT2D eigenvalue weighted by Gasteiger charge is -2.46. The minimum absolute atomic E-state index is 0.153. The molecule has 2 aliphatic rings. The average Bonchev–Trinajstić information content (AvgIpc) is 3.43. The van der Waals surface area contributed by atoms with E-state index >= 15 is 0 Å². The second kappa shape index (κ2) is 13.0. The zero-order valence-electron chi connectivity index (χ0n) is 22.5. The van der Waals surface area contributed by atoms with E-state index in [1.807, 2.05) is 0 Å². The number of aromatic nitrogens is 3. The van der Waals surface area contributed by atoms with Gasteiger partial charge in [0.1, 0.15) is 41.7 Å². The van der Waals surface area contributed by atoms with Gasteiger partial charge in [-0.25, -0.2) is 13.5 Å². The lowest BCUT2D eigenvalue weighted by atomic mass is 9.88. The molecule has 0 spiro atoms. The molecule has 1 saturated carbocycles. The number of benzene rings is 2. The van der Waals surface area contributed by atoms with Gasteiger partial charge in [-0.3, -0.25) is 4.79 Å². The SMILES string of the molecule is CO[C@@H]1[C@@H](n2cc(-c3cc(F)cc(Cl)c3)nn2)[C@@H](O)[C@@H](CO)O[C@H]1C(=O)N(c1cc(F)cc(Br)c1)[C@H]1CCCC[C@@H]1O. The van der Waals surface area contributed by atoms with Crippen LogP contribution in [0.4, 0.5) is 14.5 Å². The van der Waals surface area contributed by atoms with Gasteiger partial charge in [0.2, 0.25) is 0 Å². The summed E-state index contributed by atoms with van der Waals surface area (Å²) in [6, 6.07) is 6.11. The second-order valence-corrected chi connectivity index (χ2v) is 11.8. The lowest BCUT2D eigenvalue weighted by Crippen LogP contribution is -2.63. The summed E-state index contributed by atoms with van der Waals surface area (Å²) in [4.78, 5) is 15.7. The fourth-order valence-corrected chi connectivity index (χ4v) is 6.48. The van der Waals surface area contributed by atoms with Crippen LogP contribution in [0.3, 0.4) is 0 Å². The second-order valence-electron chi connectivity index (χ2n) is 10.5. The number of carbonyl (C=O) groups excluding carboxylic acids is 1. The van der Waals surface area contributed by atoms with Crippen molar-refractivity contribution in [1.29, 1.82) is 0 Å². The van der Waals surface area contributed by atoms with Crippen molar-refractivity contribution >= 4 is 39.1 Å². The van der Waals surface area contributed by atoms with Gasteiger partial charge >= 0.3 is 0 Å². The summed E-state index contributed by atoms with van der Waals surface area (Å²) in [5, 5.41) is 40.6. The van der Waals surface area contributed by atoms with E-state index in [4.69, 9.17) is 21.1 Å². The summed E-state index contributed by atoms with van der Waals surface area (Å²) >= 11 is 9.28. The standard InChI is InChI=1S/C28H30BrClF2N4O6/c1-41-26-24(35-12-20(33-34-35)14-6-16(30)10-17(31)7-14)25(39)23(13-37)42-27(26)28(40)36(21-4-2-3-5-22(21)38)19-9-15(29)8-18(32)11-19/h6-12,21-27,37-39H,2-5,13H2,1H3/t21-,22-,23+,24-,25-,26+,27+/m0/s1. The maximum absolute atomic E-state index is 14.5. The third-order valence-corrected chi connectivity index (χ3v) is 8.42. The third kappa shape index (κ3) is 6.23. The van der Waals surface area contributed by atoms with E-state index in [-0.39, 0.29) is 16.4 Å². The van der Waals surface area contributed by atoms with Crippen molar-refractivity contribution in [3.05, 3.63) is 63.7 Å². The molecule has 3 aromatic rings. The average molecular weight is 672 g/mol. The van der Waals surface area contributed by atoms with Crippen LogP contribution in [-0.4, -0.2) is 86.5 Å². The van der Waals surface area contributed by atoms with Crippen LogP contribution in [0.1, 0.15) is 31.7 Å². The van der Waals surface area contributed by atoms with Gasteiger partial charge in [0, 0.05) is 27.9 Å². The monoisotopic (exact) mass is 670 g/mol. The normalized spacial score (nSPS) is 28.0. The Hall–Kier alpha value is -2.52. The number of hydrogen-bond donors (Lipinski definition) is 3. The van der Waals surface area contributed by atoms with Crippen LogP contribution in [0, 0.1) is 11.6 Å². The Morgan fingerprint density at radius 3 is 2.57 bits per heavy atom. The third-order valence-electron chi connectivity index (χ3n) is 7.75. The fourth-order valence-electron chi connectivity index (χ4n) is 5.81. The zero-order valence-corrected chi connectivity index (χ0v) is 24.8. The summed E-state index contributed by atoms with van der Waals surface area (Å²) < 4.78 is 41.9. The highest BCUT2D eigenvalue weighted by Gasteiger charge is 2.52. The van der Waals surface area contributed by atoms with Gasteiger partial charge in [-0.1, -0.05) is 45.6 Å². The first kappa shape index (κ1) is 30.9. The highest BCUT2D eigenvalue weighted by Crippen LogP contribution is 2.37. The molecule has 10 nitrogen and oxygen atoms in total. The summed E-state index contributed by atoms with van der Waals surface area (Å²) in [7, 11) is 1.33. The van der Waals surface area contributed by atoms with E-state index in [0.29, 0.717) is 22.9 Å². The molecule has 1 saturated heterocycles. The summed E-state index contributed by atoms with van der Waals surface area (Å²) in [6.07, 6.45) is -2.20. The summed E-state index contributed by atoms with van der Waals surface area (Å²) in [5.41, 5.74) is 0.776. The summed E-state index contributed by atoms with van der Waals surface area (Å²) in [5.74, 6) is -1.82. The lowest BCUT2D eigenvalue weighted by molar-refractivity contribution is -0.211. The number of aliphatic hydroxyl groups is 3. The highest BCUT2D eigenvalue weighted by molar-refractivity contribution is 9.10. The summed E-state index contributed by atoms with van der Waals surface area (Å²) in [6.45, 7) is -0.642. The van der Waals surface area contributed by atoms with Gasteiger partial charge in [-0.05, 0) is 49.2 Å². The van der Waals surface area contributed by atoms with Gasteiger partial charge < -0.3 is 29.7 Å². The maximum atomic E-state index is 14.5. The first-order valence-electron chi connectivity index (χ1n) is 13.4. The van der Waals surface area contributed by atoms with Crippen molar-refractivity contribution in [3.8, 4) is 11.3 Å². The van der Waals surface area contributed by atoms with Crippen molar-refractivity contribution in [2.45, 2.75) is 68.3 Å². The molecular formula is C28H30BrClF2N4O6. The number of nitrogens with zero attached hydrogens (tertiary/aromatic N) is 4.